The van der Waals surface area contributed by atoms with Gasteiger partial charge in [-0.3, -0.25) is 0 Å². The minimum atomic E-state index is -3.95. The monoisotopic (exact) mass is 356 g/mol. The normalized spacial score (nSPS) is 19.2. The van der Waals surface area contributed by atoms with Gasteiger partial charge in [-0.15, -0.1) is 11.6 Å². The Hall–Kier alpha value is -1.99. The van der Waals surface area contributed by atoms with Crippen LogP contribution in [0.2, 0.25) is 0 Å². The molecular formula is C15H15ClNO5S-. The average Bonchev–Trinajstić information content (AvgIpc) is 2.53. The van der Waals surface area contributed by atoms with Crippen LogP contribution in [0.4, 0.5) is 0 Å². The summed E-state index contributed by atoms with van der Waals surface area (Å²) in [6, 6.07) is 6.16. The molecule has 1 aromatic rings. The van der Waals surface area contributed by atoms with Crippen molar-refractivity contribution < 1.29 is 18.1 Å². The Kier molecular flexibility index (Phi) is 5.01. The van der Waals surface area contributed by atoms with Gasteiger partial charge >= 0.3 is 0 Å². The van der Waals surface area contributed by atoms with Crippen molar-refractivity contribution in [3.8, 4) is 0 Å². The summed E-state index contributed by atoms with van der Waals surface area (Å²) in [7, 11) is -2.56. The lowest BCUT2D eigenvalue weighted by molar-refractivity contribution is -0.380. The van der Waals surface area contributed by atoms with E-state index in [2.05, 4.69) is 0 Å². The Morgan fingerprint density at radius 1 is 1.22 bits per heavy atom. The first-order chi connectivity index (χ1) is 10.8. The zero-order valence-corrected chi connectivity index (χ0v) is 14.0. The molecule has 0 fully saturated rings. The molecule has 0 amide bonds. The largest absolute Gasteiger partial charge is 0.612 e. The molecule has 0 spiro atoms. The molecule has 8 heteroatoms. The minimum Gasteiger partial charge on any atom is -0.612 e. The fourth-order valence-corrected chi connectivity index (χ4v) is 4.07. The molecule has 0 N–H and O–H groups in total. The molecule has 2 unspecified atom stereocenters. The number of alkyl halides is 1. The number of rotatable bonds is 4. The molecule has 2 atom stereocenters. The number of benzene rings is 1. The number of methoxy groups -OCH3 is 1. The molecule has 0 aliphatic heterocycles. The van der Waals surface area contributed by atoms with Crippen LogP contribution < -0.4 is 0 Å². The van der Waals surface area contributed by atoms with E-state index in [-0.39, 0.29) is 10.6 Å². The van der Waals surface area contributed by atoms with Gasteiger partial charge < -0.3 is 15.2 Å². The first kappa shape index (κ1) is 17.4. The van der Waals surface area contributed by atoms with Crippen molar-refractivity contribution in [2.75, 3.05) is 7.11 Å². The van der Waals surface area contributed by atoms with E-state index in [0.29, 0.717) is 5.76 Å². The summed E-state index contributed by atoms with van der Waals surface area (Å²) in [4.78, 5) is -0.614. The maximum Gasteiger partial charge on any atom is 0.208 e. The second-order valence-electron chi connectivity index (χ2n) is 5.02. The maximum absolute atomic E-state index is 12.6. The van der Waals surface area contributed by atoms with Crippen LogP contribution in [0, 0.1) is 23.3 Å². The summed E-state index contributed by atoms with van der Waals surface area (Å²) in [5, 5.41) is 22.3. The predicted molar refractivity (Wildman–Crippen MR) is 87.7 cm³/mol. The van der Waals surface area contributed by atoms with Gasteiger partial charge in [-0.05, 0) is 31.2 Å². The van der Waals surface area contributed by atoms with Gasteiger partial charge in [0.2, 0.25) is 5.71 Å². The van der Waals surface area contributed by atoms with Gasteiger partial charge in [-0.1, -0.05) is 17.7 Å². The first-order valence-corrected chi connectivity index (χ1v) is 8.65. The number of nitrogens with zero attached hydrogens (tertiary/aromatic N) is 1. The molecule has 1 aliphatic rings. The Labute approximate surface area is 139 Å². The van der Waals surface area contributed by atoms with Crippen molar-refractivity contribution >= 4 is 27.1 Å². The SMILES string of the molecule is COC1=CC(C(Cl)S(=O)(=O)c2ccc(C)cc2)C(=[N+]([O-])[O-])C=C1. The summed E-state index contributed by atoms with van der Waals surface area (Å²) in [5.74, 6) is -0.789. The lowest BCUT2D eigenvalue weighted by Gasteiger charge is -2.23. The average molecular weight is 357 g/mol. The number of allylic oxidation sites excluding steroid dienone is 3. The second kappa shape index (κ2) is 6.64. The third kappa shape index (κ3) is 3.51. The molecule has 1 aromatic carbocycles. The highest BCUT2D eigenvalue weighted by molar-refractivity contribution is 7.93. The van der Waals surface area contributed by atoms with E-state index in [1.807, 2.05) is 6.92 Å². The first-order valence-electron chi connectivity index (χ1n) is 6.67. The molecule has 23 heavy (non-hydrogen) atoms. The Balaban J connectivity index is 2.46. The molecule has 0 radical (unpaired) electrons. The molecule has 2 rings (SSSR count). The van der Waals surface area contributed by atoms with Gasteiger partial charge in [0.25, 0.3) is 0 Å². The number of hydrogen-bond acceptors (Lipinski definition) is 5. The van der Waals surface area contributed by atoms with Gasteiger partial charge in [-0.25, -0.2) is 8.42 Å². The fraction of sp³-hybridized carbons (Fsp3) is 0.267. The van der Waals surface area contributed by atoms with Gasteiger partial charge in [0.1, 0.15) is 5.76 Å². The Morgan fingerprint density at radius 3 is 2.35 bits per heavy atom. The van der Waals surface area contributed by atoms with Crippen molar-refractivity contribution in [1.29, 1.82) is 0 Å². The molecule has 0 saturated heterocycles. The van der Waals surface area contributed by atoms with Crippen molar-refractivity contribution in [2.24, 2.45) is 5.92 Å². The summed E-state index contributed by atoms with van der Waals surface area (Å²) in [6.07, 6.45) is 3.96. The molecule has 124 valence electrons. The molecule has 0 saturated carbocycles. The van der Waals surface area contributed by atoms with E-state index in [1.54, 1.807) is 12.1 Å². The standard InChI is InChI=1S/C15H15ClNO5S/c1-10-3-6-12(7-4-10)23(20,21)15(16)13-9-11(22-2)5-8-14(13)17(18)19/h3-9,13,15H,1-2H3/q-1. The van der Waals surface area contributed by atoms with E-state index < -0.39 is 25.4 Å². The summed E-state index contributed by atoms with van der Waals surface area (Å²) in [5.41, 5.74) is 0.608. The number of sulfone groups is 1. The quantitative estimate of drug-likeness (QED) is 0.469. The van der Waals surface area contributed by atoms with Crippen molar-refractivity contribution in [1.82, 2.24) is 0 Å². The van der Waals surface area contributed by atoms with Gasteiger partial charge in [0.15, 0.2) is 14.5 Å². The highest BCUT2D eigenvalue weighted by Crippen LogP contribution is 2.30. The van der Waals surface area contributed by atoms with Crippen molar-refractivity contribution in [3.05, 3.63) is 64.2 Å². The van der Waals surface area contributed by atoms with Gasteiger partial charge in [0.05, 0.1) is 17.9 Å². The Bertz CT molecular complexity index is 777. The van der Waals surface area contributed by atoms with Gasteiger partial charge in [0, 0.05) is 6.08 Å². The van der Waals surface area contributed by atoms with Crippen LogP contribution in [-0.4, -0.2) is 30.9 Å². The van der Waals surface area contributed by atoms with Crippen LogP contribution in [0.3, 0.4) is 0 Å². The van der Waals surface area contributed by atoms with E-state index in [0.717, 1.165) is 5.56 Å². The van der Waals surface area contributed by atoms with Crippen LogP contribution in [0.1, 0.15) is 5.56 Å². The number of ether oxygens (including phenoxy) is 1. The van der Waals surface area contributed by atoms with Crippen LogP contribution in [0.25, 0.3) is 0 Å². The number of hydrogen-bond donors (Lipinski definition) is 0. The highest BCUT2D eigenvalue weighted by Gasteiger charge is 2.38. The molecule has 0 bridgehead atoms. The molecule has 1 aliphatic carbocycles. The number of aryl methyl sites for hydroxylation is 1. The number of halogens is 1. The third-order valence-electron chi connectivity index (χ3n) is 3.48. The Morgan fingerprint density at radius 2 is 1.83 bits per heavy atom. The summed E-state index contributed by atoms with van der Waals surface area (Å²) in [6.45, 7) is 1.83. The highest BCUT2D eigenvalue weighted by atomic mass is 35.5. The fourth-order valence-electron chi connectivity index (χ4n) is 2.18. The van der Waals surface area contributed by atoms with Crippen LogP contribution in [-0.2, 0) is 14.6 Å². The minimum absolute atomic E-state index is 0.0210. The smallest absolute Gasteiger partial charge is 0.208 e. The van der Waals surface area contributed by atoms with Crippen LogP contribution in [0.15, 0.2) is 53.1 Å². The molecular weight excluding hydrogens is 342 g/mol. The molecule has 6 nitrogen and oxygen atoms in total. The lowest BCUT2D eigenvalue weighted by Crippen LogP contribution is -2.33. The summed E-state index contributed by atoms with van der Waals surface area (Å²) < 4.78 is 28.8. The molecule has 0 heterocycles. The maximum atomic E-state index is 12.6. The zero-order valence-electron chi connectivity index (χ0n) is 12.5. The summed E-state index contributed by atoms with van der Waals surface area (Å²) >= 11 is 6.14. The van der Waals surface area contributed by atoms with Crippen LogP contribution >= 0.6 is 11.6 Å². The lowest BCUT2D eigenvalue weighted by atomic mass is 9.99. The zero-order chi connectivity index (χ0) is 17.2. The molecule has 0 aromatic heterocycles. The van der Waals surface area contributed by atoms with E-state index >= 15 is 0 Å². The van der Waals surface area contributed by atoms with Crippen molar-refractivity contribution in [3.63, 3.8) is 0 Å². The van der Waals surface area contributed by atoms with Crippen molar-refractivity contribution in [2.45, 2.75) is 16.5 Å². The topological polar surface area (TPSA) is 92.5 Å². The van der Waals surface area contributed by atoms with Gasteiger partial charge in [-0.2, -0.15) is 4.90 Å². The second-order valence-corrected chi connectivity index (χ2v) is 7.82. The van der Waals surface area contributed by atoms with E-state index in [4.69, 9.17) is 16.3 Å². The predicted octanol–water partition coefficient (Wildman–Crippen LogP) is 2.50. The van der Waals surface area contributed by atoms with E-state index in [1.165, 1.54) is 37.5 Å². The van der Waals surface area contributed by atoms with Crippen LogP contribution in [0.5, 0.6) is 0 Å². The van der Waals surface area contributed by atoms with E-state index in [9.17, 15) is 18.8 Å². The third-order valence-corrected chi connectivity index (χ3v) is 6.27.